The molecule has 3 N–H and O–H groups in total. The van der Waals surface area contributed by atoms with Crippen molar-refractivity contribution < 1.29 is 23.5 Å². The summed E-state index contributed by atoms with van der Waals surface area (Å²) < 4.78 is 17.2. The van der Waals surface area contributed by atoms with Crippen molar-refractivity contribution in [1.29, 1.82) is 0 Å². The van der Waals surface area contributed by atoms with Gasteiger partial charge in [0.05, 0.1) is 36.0 Å². The largest absolute Gasteiger partial charge is 0.493 e. The van der Waals surface area contributed by atoms with Crippen LogP contribution in [0.25, 0.3) is 33.0 Å². The summed E-state index contributed by atoms with van der Waals surface area (Å²) >= 11 is 0. The molecule has 1 amide bonds. The highest BCUT2D eigenvalue weighted by atomic mass is 16.5. The number of fused-ring (bicyclic) bond motifs is 6. The van der Waals surface area contributed by atoms with Gasteiger partial charge in [0.25, 0.3) is 0 Å². The lowest BCUT2D eigenvalue weighted by Gasteiger charge is -2.19. The first-order chi connectivity index (χ1) is 39.2. The lowest BCUT2D eigenvalue weighted by Crippen LogP contribution is -2.12. The first-order valence-electron chi connectivity index (χ1n) is 30.0. The molecular weight excluding hydrogens is 1050 g/mol. The van der Waals surface area contributed by atoms with Gasteiger partial charge in [-0.25, -0.2) is 9.78 Å². The molecule has 0 fully saturated rings. The Balaban J connectivity index is 0.000000146. The molecule has 452 valence electrons. The summed E-state index contributed by atoms with van der Waals surface area (Å²) in [5.41, 5.74) is 20.6. The molecule has 3 aliphatic rings. The third-order valence-electron chi connectivity index (χ3n) is 15.7. The molecule has 0 aliphatic carbocycles. The van der Waals surface area contributed by atoms with Crippen molar-refractivity contribution in [2.45, 2.75) is 197 Å². The molecule has 3 aromatic heterocycles. The molecule has 6 heterocycles. The number of aryl methyl sites for hydroxylation is 4. The van der Waals surface area contributed by atoms with E-state index in [4.69, 9.17) is 13.9 Å². The van der Waals surface area contributed by atoms with Gasteiger partial charge in [-0.05, 0) is 164 Å². The fourth-order valence-corrected chi connectivity index (χ4v) is 9.87. The maximum absolute atomic E-state index is 11.3. The minimum Gasteiger partial charge on any atom is -0.493 e. The molecule has 0 unspecified atom stereocenters. The molecule has 3 aliphatic heterocycles. The number of rotatable bonds is 0. The Morgan fingerprint density at radius 2 is 1.04 bits per heavy atom. The van der Waals surface area contributed by atoms with Gasteiger partial charge in [0.15, 0.2) is 5.58 Å². The van der Waals surface area contributed by atoms with E-state index in [0.717, 1.165) is 63.7 Å². The van der Waals surface area contributed by atoms with Crippen LogP contribution in [0.3, 0.4) is 0 Å². The third-order valence-corrected chi connectivity index (χ3v) is 15.7. The van der Waals surface area contributed by atoms with Crippen LogP contribution in [0.4, 0.5) is 5.69 Å². The second-order valence-corrected chi connectivity index (χ2v) is 29.4. The summed E-state index contributed by atoms with van der Waals surface area (Å²) in [6, 6.07) is 37.9. The number of esters is 1. The van der Waals surface area contributed by atoms with Crippen molar-refractivity contribution in [2.75, 3.05) is 11.9 Å². The van der Waals surface area contributed by atoms with E-state index in [1.54, 1.807) is 7.05 Å². The predicted molar refractivity (Wildman–Crippen MR) is 352 cm³/mol. The van der Waals surface area contributed by atoms with Crippen LogP contribution in [-0.2, 0) is 68.4 Å². The number of hydrogen-bond donors (Lipinski definition) is 3. The summed E-state index contributed by atoms with van der Waals surface area (Å²) in [5, 5.41) is 4.19. The first kappa shape index (κ1) is 64.9. The second-order valence-electron chi connectivity index (χ2n) is 29.4. The molecule has 6 aromatic carbocycles. The molecule has 0 saturated carbocycles. The number of nitrogens with one attached hydrogen (secondary N) is 3. The van der Waals surface area contributed by atoms with E-state index >= 15 is 0 Å². The SMILES string of the molecule is CC(C)(C)c1ccc2c(c1)CCO2.CC(C)(C)c1ccc2c(c1)NC(=O)C2.CC(C)(C)c1ccc2c(c1)OC(=O)C2.Cc1cc2cc(C(C)(C)C)ccc2[nH]1.Cc1cc2nc(C(C)(C)C)[nH]c2cc1C.Cn1c(=O)oc2ccc(C(C)(C)C)cc21. The Kier molecular flexibility index (Phi) is 18.9. The van der Waals surface area contributed by atoms with Crippen molar-refractivity contribution in [3.8, 4) is 11.5 Å². The fourth-order valence-electron chi connectivity index (χ4n) is 9.87. The minimum absolute atomic E-state index is 0.0842. The van der Waals surface area contributed by atoms with E-state index in [1.807, 2.05) is 36.4 Å². The number of H-pyrrole nitrogens is 2. The molecule has 12 rings (SSSR count). The van der Waals surface area contributed by atoms with Gasteiger partial charge in [-0.15, -0.1) is 0 Å². The van der Waals surface area contributed by atoms with Crippen LogP contribution in [0.1, 0.15) is 192 Å². The van der Waals surface area contributed by atoms with E-state index in [-0.39, 0.29) is 50.1 Å². The fraction of sp³-hybridized carbons (Fsp3) is 0.432. The van der Waals surface area contributed by atoms with Gasteiger partial charge >= 0.3 is 11.7 Å². The lowest BCUT2D eigenvalue weighted by atomic mass is 9.86. The van der Waals surface area contributed by atoms with Gasteiger partial charge < -0.3 is 29.2 Å². The predicted octanol–water partition coefficient (Wildman–Crippen LogP) is 17.5. The Morgan fingerprint density at radius 3 is 1.66 bits per heavy atom. The van der Waals surface area contributed by atoms with Gasteiger partial charge in [0, 0.05) is 41.3 Å². The third kappa shape index (κ3) is 16.6. The number of carbonyl (C=O) groups excluding carboxylic acids is 2. The van der Waals surface area contributed by atoms with Gasteiger partial charge in [-0.2, -0.15) is 0 Å². The number of benzene rings is 6. The quantitative estimate of drug-likeness (QED) is 0.101. The lowest BCUT2D eigenvalue weighted by molar-refractivity contribution is -0.131. The van der Waals surface area contributed by atoms with Crippen molar-refractivity contribution >= 4 is 50.6 Å². The number of amides is 1. The van der Waals surface area contributed by atoms with Crippen molar-refractivity contribution in [3.63, 3.8) is 0 Å². The minimum atomic E-state index is -0.309. The number of carbonyl (C=O) groups is 2. The summed E-state index contributed by atoms with van der Waals surface area (Å²) in [6.45, 7) is 46.6. The Labute approximate surface area is 505 Å². The number of imidazole rings is 1. The average Bonchev–Trinajstić information content (AvgIpc) is 2.82. The van der Waals surface area contributed by atoms with E-state index < -0.39 is 0 Å². The molecule has 11 nitrogen and oxygen atoms in total. The number of oxazole rings is 1. The highest BCUT2D eigenvalue weighted by molar-refractivity contribution is 5.99. The number of aromatic nitrogens is 4. The molecular formula is C74H95N5O6. The molecule has 0 bridgehead atoms. The van der Waals surface area contributed by atoms with E-state index in [2.05, 4.69) is 238 Å². The smallest absolute Gasteiger partial charge is 0.419 e. The van der Waals surface area contributed by atoms with Crippen LogP contribution in [0.2, 0.25) is 0 Å². The summed E-state index contributed by atoms with van der Waals surface area (Å²) in [5.74, 6) is 2.52. The second kappa shape index (κ2) is 24.7. The van der Waals surface area contributed by atoms with Crippen LogP contribution in [0, 0.1) is 20.8 Å². The maximum Gasteiger partial charge on any atom is 0.419 e. The van der Waals surface area contributed by atoms with Crippen LogP contribution < -0.4 is 20.5 Å². The van der Waals surface area contributed by atoms with E-state index in [1.165, 1.54) is 65.7 Å². The van der Waals surface area contributed by atoms with Crippen LogP contribution in [0.15, 0.2) is 118 Å². The molecule has 85 heavy (non-hydrogen) atoms. The molecule has 11 heteroatoms. The summed E-state index contributed by atoms with van der Waals surface area (Å²) in [6.07, 6.45) is 2.01. The summed E-state index contributed by atoms with van der Waals surface area (Å²) in [4.78, 5) is 44.8. The maximum atomic E-state index is 11.3. The van der Waals surface area contributed by atoms with Crippen LogP contribution >= 0.6 is 0 Å². The number of aromatic amines is 2. The number of anilines is 1. The number of hydrogen-bond acceptors (Lipinski definition) is 7. The van der Waals surface area contributed by atoms with E-state index in [9.17, 15) is 14.4 Å². The van der Waals surface area contributed by atoms with Gasteiger partial charge in [-0.1, -0.05) is 173 Å². The van der Waals surface area contributed by atoms with Crippen LogP contribution in [0.5, 0.6) is 11.5 Å². The van der Waals surface area contributed by atoms with Gasteiger partial charge in [0.2, 0.25) is 5.91 Å². The molecule has 0 atom stereocenters. The van der Waals surface area contributed by atoms with Crippen molar-refractivity contribution in [2.24, 2.45) is 7.05 Å². The highest BCUT2D eigenvalue weighted by Crippen LogP contribution is 2.35. The topological polar surface area (TPSA) is 144 Å². The van der Waals surface area contributed by atoms with Crippen molar-refractivity contribution in [3.05, 3.63) is 187 Å². The zero-order valence-corrected chi connectivity index (χ0v) is 55.1. The first-order valence-corrected chi connectivity index (χ1v) is 30.0. The molecule has 9 aromatic rings. The normalized spacial score (nSPS) is 13.7. The standard InChI is InChI=1S/C13H18N2.C13H17N.C12H15NO2.C12H15NO.C12H14O2.C12H16O/c1-8-6-10-11(7-9(8)2)15-12(14-10)13(3,4)5;1-9-7-10-8-11(13(2,3)4)5-6-12(10)14-9;1-12(2,3)8-5-6-10-9(7-8)13(4)11(14)15-10;1-12(2,3)9-5-4-8-6-11(14)13-10(8)7-9;1-12(2,3)9-5-4-8-6-11(13)14-10(8)7-9;1-12(2,3)10-4-5-11-9(8-10)6-7-13-11/h6-7H,1-5H3,(H,14,15);5-8,14H,1-4H3;5-7H,1-4H3;4-5,7H,6H2,1-3H3,(H,13,14);4-5,7H,6H2,1-3H3;4-5,8H,6-7H2,1-3H3. The number of nitrogens with zero attached hydrogens (tertiary/aromatic N) is 2. The van der Waals surface area contributed by atoms with Gasteiger partial charge in [0.1, 0.15) is 17.3 Å². The van der Waals surface area contributed by atoms with Crippen LogP contribution in [-0.4, -0.2) is 38.0 Å². The highest BCUT2D eigenvalue weighted by Gasteiger charge is 2.25. The Hall–Kier alpha value is -7.66. The van der Waals surface area contributed by atoms with Gasteiger partial charge in [-0.3, -0.25) is 14.2 Å². The molecule has 0 radical (unpaired) electrons. The molecule has 0 spiro atoms. The summed E-state index contributed by atoms with van der Waals surface area (Å²) in [7, 11) is 1.72. The van der Waals surface area contributed by atoms with E-state index in [0.29, 0.717) is 18.4 Å². The molecule has 0 saturated heterocycles. The monoisotopic (exact) mass is 1150 g/mol. The van der Waals surface area contributed by atoms with Crippen molar-refractivity contribution in [1.82, 2.24) is 19.5 Å². The average molecular weight is 1150 g/mol. The zero-order valence-electron chi connectivity index (χ0n) is 55.1. The number of ether oxygens (including phenoxy) is 2. The Morgan fingerprint density at radius 1 is 0.494 bits per heavy atom. The zero-order chi connectivity index (χ0) is 62.9. The Bertz CT molecular complexity index is 3820.